The van der Waals surface area contributed by atoms with Crippen molar-refractivity contribution in [1.29, 1.82) is 0 Å². The zero-order valence-electron chi connectivity index (χ0n) is 15.4. The molecule has 1 heterocycles. The molecule has 2 aromatic carbocycles. The SMILES string of the molecule is CN1C(=O)c2ccc(NC(=O)CN(C)C3CCc4ccccc43)cc2C1=O. The van der Waals surface area contributed by atoms with Gasteiger partial charge in [-0.2, -0.15) is 0 Å². The number of aryl methyl sites for hydroxylation is 1. The van der Waals surface area contributed by atoms with Crippen LogP contribution in [0.4, 0.5) is 5.69 Å². The normalized spacial score (nSPS) is 18.0. The van der Waals surface area contributed by atoms with Gasteiger partial charge < -0.3 is 5.32 Å². The largest absolute Gasteiger partial charge is 0.325 e. The fourth-order valence-electron chi connectivity index (χ4n) is 3.97. The Bertz CT molecular complexity index is 953. The Labute approximate surface area is 157 Å². The Hall–Kier alpha value is -2.99. The van der Waals surface area contributed by atoms with E-state index in [-0.39, 0.29) is 30.3 Å². The summed E-state index contributed by atoms with van der Waals surface area (Å²) < 4.78 is 0. The molecule has 1 atom stereocenters. The van der Waals surface area contributed by atoms with E-state index in [4.69, 9.17) is 0 Å². The van der Waals surface area contributed by atoms with Gasteiger partial charge in [-0.1, -0.05) is 24.3 Å². The number of nitrogens with one attached hydrogen (secondary N) is 1. The highest BCUT2D eigenvalue weighted by Gasteiger charge is 2.33. The van der Waals surface area contributed by atoms with Crippen LogP contribution in [-0.2, 0) is 11.2 Å². The highest BCUT2D eigenvalue weighted by atomic mass is 16.2. The van der Waals surface area contributed by atoms with Crippen LogP contribution in [0.5, 0.6) is 0 Å². The Morgan fingerprint density at radius 2 is 1.89 bits per heavy atom. The van der Waals surface area contributed by atoms with E-state index in [2.05, 4.69) is 22.3 Å². The molecule has 0 bridgehead atoms. The molecule has 2 aromatic rings. The highest BCUT2D eigenvalue weighted by molar-refractivity contribution is 6.21. The number of hydrogen-bond acceptors (Lipinski definition) is 4. The summed E-state index contributed by atoms with van der Waals surface area (Å²) in [5.74, 6) is -0.801. The van der Waals surface area contributed by atoms with Crippen LogP contribution < -0.4 is 5.32 Å². The topological polar surface area (TPSA) is 69.7 Å². The minimum Gasteiger partial charge on any atom is -0.325 e. The Kier molecular flexibility index (Phi) is 4.28. The van der Waals surface area contributed by atoms with Gasteiger partial charge >= 0.3 is 0 Å². The van der Waals surface area contributed by atoms with Crippen molar-refractivity contribution < 1.29 is 14.4 Å². The summed E-state index contributed by atoms with van der Waals surface area (Å²) >= 11 is 0. The quantitative estimate of drug-likeness (QED) is 0.848. The average Bonchev–Trinajstić information content (AvgIpc) is 3.18. The fourth-order valence-corrected chi connectivity index (χ4v) is 3.97. The zero-order valence-corrected chi connectivity index (χ0v) is 15.4. The lowest BCUT2D eigenvalue weighted by Gasteiger charge is -2.24. The van der Waals surface area contributed by atoms with Crippen LogP contribution >= 0.6 is 0 Å². The highest BCUT2D eigenvalue weighted by Crippen LogP contribution is 2.34. The molecule has 4 rings (SSSR count). The van der Waals surface area contributed by atoms with Crippen molar-refractivity contribution in [1.82, 2.24) is 9.80 Å². The van der Waals surface area contributed by atoms with E-state index in [1.54, 1.807) is 18.2 Å². The molecule has 138 valence electrons. The van der Waals surface area contributed by atoms with E-state index in [1.165, 1.54) is 18.2 Å². The van der Waals surface area contributed by atoms with Gasteiger partial charge in [0, 0.05) is 18.8 Å². The molecule has 0 aromatic heterocycles. The Morgan fingerprint density at radius 1 is 1.15 bits per heavy atom. The lowest BCUT2D eigenvalue weighted by atomic mass is 10.1. The third-order valence-electron chi connectivity index (χ3n) is 5.40. The number of anilines is 1. The molecule has 3 amide bonds. The van der Waals surface area contributed by atoms with Crippen molar-refractivity contribution in [3.8, 4) is 0 Å². The molecule has 1 N–H and O–H groups in total. The summed E-state index contributed by atoms with van der Waals surface area (Å²) in [6.07, 6.45) is 2.03. The van der Waals surface area contributed by atoms with Gasteiger partial charge in [-0.25, -0.2) is 0 Å². The third-order valence-corrected chi connectivity index (χ3v) is 5.40. The molecule has 0 spiro atoms. The van der Waals surface area contributed by atoms with Gasteiger partial charge in [-0.3, -0.25) is 24.2 Å². The molecule has 0 fully saturated rings. The van der Waals surface area contributed by atoms with Crippen molar-refractivity contribution in [2.75, 3.05) is 26.0 Å². The number of benzene rings is 2. The van der Waals surface area contributed by atoms with Gasteiger partial charge in [0.15, 0.2) is 0 Å². The zero-order chi connectivity index (χ0) is 19.1. The number of nitrogens with zero attached hydrogens (tertiary/aromatic N) is 2. The molecule has 0 saturated heterocycles. The first-order chi connectivity index (χ1) is 13.0. The molecule has 0 saturated carbocycles. The van der Waals surface area contributed by atoms with Crippen LogP contribution in [0.2, 0.25) is 0 Å². The number of fused-ring (bicyclic) bond motifs is 2. The number of imide groups is 1. The molecule has 6 heteroatoms. The number of carbonyl (C=O) groups excluding carboxylic acids is 3. The predicted molar refractivity (Wildman–Crippen MR) is 102 cm³/mol. The van der Waals surface area contributed by atoms with Crippen molar-refractivity contribution in [3.63, 3.8) is 0 Å². The number of carbonyl (C=O) groups is 3. The van der Waals surface area contributed by atoms with E-state index < -0.39 is 0 Å². The van der Waals surface area contributed by atoms with Crippen molar-refractivity contribution in [3.05, 3.63) is 64.7 Å². The maximum atomic E-state index is 12.5. The lowest BCUT2D eigenvalue weighted by molar-refractivity contribution is -0.117. The molecular formula is C21H21N3O3. The second-order valence-electron chi connectivity index (χ2n) is 7.15. The second-order valence-corrected chi connectivity index (χ2v) is 7.15. The van der Waals surface area contributed by atoms with Crippen LogP contribution in [-0.4, -0.2) is 48.2 Å². The molecular weight excluding hydrogens is 342 g/mol. The first kappa shape index (κ1) is 17.4. The van der Waals surface area contributed by atoms with E-state index in [0.29, 0.717) is 16.8 Å². The molecule has 2 aliphatic rings. The van der Waals surface area contributed by atoms with E-state index in [9.17, 15) is 14.4 Å². The van der Waals surface area contributed by atoms with Gasteiger partial charge in [0.1, 0.15) is 0 Å². The summed E-state index contributed by atoms with van der Waals surface area (Å²) in [5, 5.41) is 2.84. The summed E-state index contributed by atoms with van der Waals surface area (Å²) in [7, 11) is 3.41. The molecule has 1 unspecified atom stereocenters. The van der Waals surface area contributed by atoms with E-state index in [1.807, 2.05) is 19.2 Å². The number of hydrogen-bond donors (Lipinski definition) is 1. The van der Waals surface area contributed by atoms with Crippen molar-refractivity contribution in [2.45, 2.75) is 18.9 Å². The molecule has 27 heavy (non-hydrogen) atoms. The minimum absolute atomic E-state index is 0.146. The second kappa shape index (κ2) is 6.63. The van der Waals surface area contributed by atoms with Gasteiger partial charge in [-0.05, 0) is 49.2 Å². The monoisotopic (exact) mass is 363 g/mol. The van der Waals surface area contributed by atoms with E-state index in [0.717, 1.165) is 17.7 Å². The fraction of sp³-hybridized carbons (Fsp3) is 0.286. The number of rotatable bonds is 4. The van der Waals surface area contributed by atoms with Crippen LogP contribution in [0.3, 0.4) is 0 Å². The summed E-state index contributed by atoms with van der Waals surface area (Å²) in [5.41, 5.74) is 3.87. The van der Waals surface area contributed by atoms with Gasteiger partial charge in [0.2, 0.25) is 5.91 Å². The minimum atomic E-state index is -0.342. The van der Waals surface area contributed by atoms with Crippen LogP contribution in [0.25, 0.3) is 0 Å². The number of likely N-dealkylation sites (N-methyl/N-ethyl adjacent to an activating group) is 1. The van der Waals surface area contributed by atoms with Gasteiger partial charge in [0.05, 0.1) is 17.7 Å². The van der Waals surface area contributed by atoms with E-state index >= 15 is 0 Å². The van der Waals surface area contributed by atoms with Crippen LogP contribution in [0, 0.1) is 0 Å². The smallest absolute Gasteiger partial charge is 0.261 e. The summed E-state index contributed by atoms with van der Waals surface area (Å²) in [6.45, 7) is 0.253. The molecule has 0 radical (unpaired) electrons. The molecule has 1 aliphatic carbocycles. The average molecular weight is 363 g/mol. The number of amides is 3. The maximum absolute atomic E-state index is 12.5. The predicted octanol–water partition coefficient (Wildman–Crippen LogP) is 2.47. The van der Waals surface area contributed by atoms with Gasteiger partial charge in [-0.15, -0.1) is 0 Å². The van der Waals surface area contributed by atoms with Crippen LogP contribution in [0.15, 0.2) is 42.5 Å². The first-order valence-electron chi connectivity index (χ1n) is 9.00. The third kappa shape index (κ3) is 3.02. The Morgan fingerprint density at radius 3 is 2.70 bits per heavy atom. The van der Waals surface area contributed by atoms with Crippen LogP contribution in [0.1, 0.15) is 44.3 Å². The lowest BCUT2D eigenvalue weighted by Crippen LogP contribution is -2.32. The van der Waals surface area contributed by atoms with Gasteiger partial charge in [0.25, 0.3) is 11.8 Å². The standard InChI is InChI=1S/C21H21N3O3/c1-23(18-10-7-13-5-3-4-6-15(13)18)12-19(25)22-14-8-9-16-17(11-14)21(27)24(2)20(16)26/h3-6,8-9,11,18H,7,10,12H2,1-2H3,(H,22,25). The molecule has 1 aliphatic heterocycles. The Balaban J connectivity index is 1.44. The molecule has 6 nitrogen and oxygen atoms in total. The maximum Gasteiger partial charge on any atom is 0.261 e. The first-order valence-corrected chi connectivity index (χ1v) is 9.00. The van der Waals surface area contributed by atoms with Crippen molar-refractivity contribution in [2.24, 2.45) is 0 Å². The summed E-state index contributed by atoms with van der Waals surface area (Å²) in [6, 6.07) is 13.4. The van der Waals surface area contributed by atoms with Crippen molar-refractivity contribution >= 4 is 23.4 Å². The summed E-state index contributed by atoms with van der Waals surface area (Å²) in [4.78, 5) is 39.7.